The predicted octanol–water partition coefficient (Wildman–Crippen LogP) is 5.86. The van der Waals surface area contributed by atoms with Gasteiger partial charge in [-0.05, 0) is 69.4 Å². The molecule has 1 aliphatic rings. The molecule has 2 aromatic heterocycles. The summed E-state index contributed by atoms with van der Waals surface area (Å²) in [4.78, 5) is 32.7. The van der Waals surface area contributed by atoms with E-state index < -0.39 is 11.8 Å². The fraction of sp³-hybridized carbons (Fsp3) is 0.500. The Morgan fingerprint density at radius 2 is 1.87 bits per heavy atom. The van der Waals surface area contributed by atoms with Crippen molar-refractivity contribution in [2.45, 2.75) is 72.4 Å². The molecular formula is C30H38F2N4O2. The molecule has 1 atom stereocenters. The quantitative estimate of drug-likeness (QED) is 0.312. The number of imidazole rings is 1. The number of amides is 1. The molecule has 0 saturated carbocycles. The van der Waals surface area contributed by atoms with Crippen LogP contribution in [0.4, 0.5) is 8.78 Å². The fourth-order valence-corrected chi connectivity index (χ4v) is 5.76. The number of halogens is 2. The summed E-state index contributed by atoms with van der Waals surface area (Å²) in [5, 5.41) is 0. The van der Waals surface area contributed by atoms with E-state index >= 15 is 4.39 Å². The standard InChI is InChI=1S/C30H38F2N4O2/c1-7-35(19(4)5)30(38)26-14-23(31)10-11-24(26)25-13-21(17-36-20(6)33-29(32)28(25)36)22-15-34(16-22)27(18(2)3)9-8-12-37/h10-14,17-19,22,27H,7-9,15-16H2,1-6H3/t27-/m0/s1. The zero-order chi connectivity index (χ0) is 27.7. The van der Waals surface area contributed by atoms with Gasteiger partial charge in [-0.25, -0.2) is 9.37 Å². The highest BCUT2D eigenvalue weighted by molar-refractivity contribution is 6.03. The molecule has 38 heavy (non-hydrogen) atoms. The second kappa shape index (κ2) is 11.3. The minimum absolute atomic E-state index is 0.0713. The molecule has 1 fully saturated rings. The minimum atomic E-state index is -0.619. The van der Waals surface area contributed by atoms with Crippen LogP contribution >= 0.6 is 0 Å². The van der Waals surface area contributed by atoms with Gasteiger partial charge in [0.2, 0.25) is 5.95 Å². The first-order valence-electron chi connectivity index (χ1n) is 13.5. The lowest BCUT2D eigenvalue weighted by molar-refractivity contribution is -0.108. The van der Waals surface area contributed by atoms with E-state index in [1.54, 1.807) is 22.3 Å². The third-order valence-electron chi connectivity index (χ3n) is 7.82. The Hall–Kier alpha value is -3.13. The summed E-state index contributed by atoms with van der Waals surface area (Å²) in [6.45, 7) is 14.0. The van der Waals surface area contributed by atoms with E-state index in [2.05, 4.69) is 23.7 Å². The van der Waals surface area contributed by atoms with E-state index in [9.17, 15) is 14.0 Å². The SMILES string of the molecule is CCN(C(=O)c1cc(F)ccc1-c1cc(C2CN([C@@H](CCC=O)C(C)C)C2)cn2c(C)nc(F)c12)C(C)C. The molecule has 6 nitrogen and oxygen atoms in total. The summed E-state index contributed by atoms with van der Waals surface area (Å²) in [5.74, 6) is -0.278. The summed E-state index contributed by atoms with van der Waals surface area (Å²) < 4.78 is 31.4. The van der Waals surface area contributed by atoms with E-state index in [4.69, 9.17) is 0 Å². The molecule has 0 unspecified atom stereocenters. The van der Waals surface area contributed by atoms with Crippen LogP contribution < -0.4 is 0 Å². The van der Waals surface area contributed by atoms with Gasteiger partial charge in [0, 0.05) is 55.8 Å². The molecule has 4 rings (SSSR count). The average molecular weight is 525 g/mol. The zero-order valence-electron chi connectivity index (χ0n) is 23.2. The third kappa shape index (κ3) is 5.23. The van der Waals surface area contributed by atoms with Crippen molar-refractivity contribution in [3.8, 4) is 11.1 Å². The van der Waals surface area contributed by atoms with Crippen LogP contribution in [0.25, 0.3) is 16.6 Å². The highest BCUT2D eigenvalue weighted by Gasteiger charge is 2.35. The number of likely N-dealkylation sites (tertiary alicyclic amines) is 1. The van der Waals surface area contributed by atoms with E-state index in [-0.39, 0.29) is 28.9 Å². The number of aldehydes is 1. The topological polar surface area (TPSA) is 57.9 Å². The number of hydrogen-bond donors (Lipinski definition) is 0. The Morgan fingerprint density at radius 1 is 1.16 bits per heavy atom. The number of aryl methyl sites for hydroxylation is 1. The van der Waals surface area contributed by atoms with E-state index in [0.29, 0.717) is 41.9 Å². The summed E-state index contributed by atoms with van der Waals surface area (Å²) in [6.07, 6.45) is 4.28. The molecular weight excluding hydrogens is 486 g/mol. The van der Waals surface area contributed by atoms with Crippen molar-refractivity contribution in [3.05, 3.63) is 59.2 Å². The summed E-state index contributed by atoms with van der Waals surface area (Å²) in [7, 11) is 0. The molecule has 3 aromatic rings. The molecule has 0 N–H and O–H groups in total. The van der Waals surface area contributed by atoms with Gasteiger partial charge in [0.05, 0.1) is 5.56 Å². The van der Waals surface area contributed by atoms with Crippen LogP contribution in [0.5, 0.6) is 0 Å². The van der Waals surface area contributed by atoms with Crippen LogP contribution in [-0.2, 0) is 4.79 Å². The van der Waals surface area contributed by atoms with E-state index in [0.717, 1.165) is 31.4 Å². The number of benzene rings is 1. The number of nitrogens with zero attached hydrogens (tertiary/aromatic N) is 4. The van der Waals surface area contributed by atoms with Crippen molar-refractivity contribution in [2.75, 3.05) is 19.6 Å². The second-order valence-electron chi connectivity index (χ2n) is 10.9. The first kappa shape index (κ1) is 27.9. The Balaban J connectivity index is 1.79. The first-order valence-corrected chi connectivity index (χ1v) is 13.5. The third-order valence-corrected chi connectivity index (χ3v) is 7.82. The molecule has 0 radical (unpaired) electrons. The number of carbonyl (C=O) groups excluding carboxylic acids is 2. The lowest BCUT2D eigenvalue weighted by atomic mass is 9.85. The van der Waals surface area contributed by atoms with E-state index in [1.165, 1.54) is 12.1 Å². The molecule has 0 bridgehead atoms. The Kier molecular flexibility index (Phi) is 8.31. The van der Waals surface area contributed by atoms with Gasteiger partial charge in [-0.2, -0.15) is 4.39 Å². The molecule has 3 heterocycles. The molecule has 1 saturated heterocycles. The molecule has 1 amide bonds. The lowest BCUT2D eigenvalue weighted by Gasteiger charge is -2.46. The van der Waals surface area contributed by atoms with Crippen LogP contribution in [-0.4, -0.2) is 63.1 Å². The van der Waals surface area contributed by atoms with Crippen molar-refractivity contribution in [1.82, 2.24) is 19.2 Å². The van der Waals surface area contributed by atoms with Gasteiger partial charge in [0.25, 0.3) is 5.91 Å². The van der Waals surface area contributed by atoms with Gasteiger partial charge in [-0.3, -0.25) is 9.69 Å². The highest BCUT2D eigenvalue weighted by Crippen LogP contribution is 2.38. The van der Waals surface area contributed by atoms with E-state index in [1.807, 2.05) is 33.0 Å². The molecule has 1 aromatic carbocycles. The monoisotopic (exact) mass is 524 g/mol. The maximum Gasteiger partial charge on any atom is 0.254 e. The van der Waals surface area contributed by atoms with Gasteiger partial charge in [0.1, 0.15) is 23.4 Å². The van der Waals surface area contributed by atoms with Crippen molar-refractivity contribution >= 4 is 17.7 Å². The molecule has 8 heteroatoms. The fourth-order valence-electron chi connectivity index (χ4n) is 5.76. The zero-order valence-corrected chi connectivity index (χ0v) is 23.2. The maximum atomic E-state index is 15.2. The van der Waals surface area contributed by atoms with Crippen LogP contribution in [0.2, 0.25) is 0 Å². The number of pyridine rings is 1. The summed E-state index contributed by atoms with van der Waals surface area (Å²) >= 11 is 0. The number of rotatable bonds is 10. The number of fused-ring (bicyclic) bond motifs is 1. The molecule has 0 spiro atoms. The normalized spacial score (nSPS) is 15.3. The van der Waals surface area contributed by atoms with Gasteiger partial charge in [-0.15, -0.1) is 0 Å². The summed E-state index contributed by atoms with van der Waals surface area (Å²) in [6, 6.07) is 6.32. The first-order chi connectivity index (χ1) is 18.1. The van der Waals surface area contributed by atoms with Gasteiger partial charge in [-0.1, -0.05) is 19.9 Å². The molecule has 1 aliphatic heterocycles. The number of carbonyl (C=O) groups is 2. The van der Waals surface area contributed by atoms with Crippen molar-refractivity contribution in [3.63, 3.8) is 0 Å². The van der Waals surface area contributed by atoms with Crippen LogP contribution in [0, 0.1) is 24.6 Å². The predicted molar refractivity (Wildman–Crippen MR) is 145 cm³/mol. The number of aromatic nitrogens is 2. The van der Waals surface area contributed by atoms with Crippen LogP contribution in [0.1, 0.15) is 75.1 Å². The number of hydrogen-bond acceptors (Lipinski definition) is 4. The molecule has 204 valence electrons. The summed E-state index contributed by atoms with van der Waals surface area (Å²) in [5.41, 5.74) is 2.52. The van der Waals surface area contributed by atoms with Crippen LogP contribution in [0.15, 0.2) is 30.5 Å². The average Bonchev–Trinajstić information content (AvgIpc) is 3.12. The Labute approximate surface area is 223 Å². The van der Waals surface area contributed by atoms with Gasteiger partial charge < -0.3 is 14.1 Å². The van der Waals surface area contributed by atoms with Crippen molar-refractivity contribution < 1.29 is 18.4 Å². The van der Waals surface area contributed by atoms with Gasteiger partial charge in [0.15, 0.2) is 0 Å². The Bertz CT molecular complexity index is 1330. The van der Waals surface area contributed by atoms with Crippen molar-refractivity contribution in [2.24, 2.45) is 5.92 Å². The minimum Gasteiger partial charge on any atom is -0.336 e. The highest BCUT2D eigenvalue weighted by atomic mass is 19.1. The lowest BCUT2D eigenvalue weighted by Crippen LogP contribution is -2.52. The largest absolute Gasteiger partial charge is 0.336 e. The molecule has 0 aliphatic carbocycles. The van der Waals surface area contributed by atoms with Crippen molar-refractivity contribution in [1.29, 1.82) is 0 Å². The second-order valence-corrected chi connectivity index (χ2v) is 10.9. The smallest absolute Gasteiger partial charge is 0.254 e. The Morgan fingerprint density at radius 3 is 2.47 bits per heavy atom. The van der Waals surface area contributed by atoms with Gasteiger partial charge >= 0.3 is 0 Å². The maximum absolute atomic E-state index is 15.2. The van der Waals surface area contributed by atoms with Crippen LogP contribution in [0.3, 0.4) is 0 Å².